The minimum absolute atomic E-state index is 0.324. The van der Waals surface area contributed by atoms with Crippen LogP contribution in [0.4, 0.5) is 13.2 Å². The zero-order valence-electron chi connectivity index (χ0n) is 11.1. The van der Waals surface area contributed by atoms with Crippen LogP contribution in [0, 0.1) is 12.0 Å². The molecule has 2 aromatic rings. The Balaban J connectivity index is 2.05. The van der Waals surface area contributed by atoms with Crippen LogP contribution in [-0.4, -0.2) is 0 Å². The zero-order chi connectivity index (χ0) is 15.3. The summed E-state index contributed by atoms with van der Waals surface area (Å²) in [6, 6.07) is 11.1. The Morgan fingerprint density at radius 2 is 1.29 bits per heavy atom. The van der Waals surface area contributed by atoms with Crippen LogP contribution in [0.15, 0.2) is 48.5 Å². The highest BCUT2D eigenvalue weighted by Gasteiger charge is 2.30. The van der Waals surface area contributed by atoms with Crippen molar-refractivity contribution >= 4 is 0 Å². The van der Waals surface area contributed by atoms with Crippen LogP contribution >= 0.6 is 0 Å². The van der Waals surface area contributed by atoms with Crippen molar-refractivity contribution < 1.29 is 22.6 Å². The average molecular weight is 292 g/mol. The van der Waals surface area contributed by atoms with Gasteiger partial charge in [0, 0.05) is 6.92 Å². The van der Waals surface area contributed by atoms with E-state index in [1.165, 1.54) is 12.1 Å². The first kappa shape index (κ1) is 14.8. The SMILES string of the molecule is CC#COc1ccc(Oc2ccc(C(F)(F)F)cc2)cc1. The Kier molecular flexibility index (Phi) is 4.39. The highest BCUT2D eigenvalue weighted by Crippen LogP contribution is 2.31. The predicted octanol–water partition coefficient (Wildman–Crippen LogP) is 4.86. The fraction of sp³-hybridized carbons (Fsp3) is 0.125. The van der Waals surface area contributed by atoms with Gasteiger partial charge in [-0.1, -0.05) is 5.92 Å². The van der Waals surface area contributed by atoms with Crippen molar-refractivity contribution in [1.29, 1.82) is 0 Å². The molecule has 0 saturated carbocycles. The third-order valence-corrected chi connectivity index (χ3v) is 2.51. The number of halogens is 3. The molecule has 108 valence electrons. The molecule has 0 N–H and O–H groups in total. The molecule has 21 heavy (non-hydrogen) atoms. The number of alkyl halides is 3. The molecule has 0 bridgehead atoms. The summed E-state index contributed by atoms with van der Waals surface area (Å²) in [5, 5.41) is 0. The number of ether oxygens (including phenoxy) is 2. The lowest BCUT2D eigenvalue weighted by Crippen LogP contribution is -2.03. The zero-order valence-corrected chi connectivity index (χ0v) is 11.1. The van der Waals surface area contributed by atoms with Crippen LogP contribution in [-0.2, 0) is 6.18 Å². The molecule has 0 aliphatic heterocycles. The molecule has 0 aliphatic rings. The minimum atomic E-state index is -4.35. The van der Waals surface area contributed by atoms with Crippen LogP contribution in [0.5, 0.6) is 17.2 Å². The van der Waals surface area contributed by atoms with Crippen molar-refractivity contribution in [1.82, 2.24) is 0 Å². The maximum atomic E-state index is 12.4. The third-order valence-electron chi connectivity index (χ3n) is 2.51. The van der Waals surface area contributed by atoms with E-state index in [4.69, 9.17) is 9.47 Å². The molecular weight excluding hydrogens is 281 g/mol. The molecule has 2 rings (SSSR count). The van der Waals surface area contributed by atoms with Gasteiger partial charge >= 0.3 is 6.18 Å². The summed E-state index contributed by atoms with van der Waals surface area (Å²) in [5.74, 6) is 3.97. The number of benzene rings is 2. The van der Waals surface area contributed by atoms with Gasteiger partial charge in [-0.25, -0.2) is 0 Å². The molecule has 0 amide bonds. The summed E-state index contributed by atoms with van der Waals surface area (Å²) in [6.07, 6.45) is -1.89. The quantitative estimate of drug-likeness (QED) is 0.752. The van der Waals surface area contributed by atoms with Crippen molar-refractivity contribution in [2.75, 3.05) is 0 Å². The first-order valence-electron chi connectivity index (χ1n) is 6.03. The van der Waals surface area contributed by atoms with E-state index in [2.05, 4.69) is 12.0 Å². The summed E-state index contributed by atoms with van der Waals surface area (Å²) in [4.78, 5) is 0. The van der Waals surface area contributed by atoms with Crippen molar-refractivity contribution in [3.63, 3.8) is 0 Å². The monoisotopic (exact) mass is 292 g/mol. The summed E-state index contributed by atoms with van der Waals surface area (Å²) in [6.45, 7) is 1.65. The molecule has 0 aromatic heterocycles. The fourth-order valence-electron chi connectivity index (χ4n) is 1.53. The van der Waals surface area contributed by atoms with Crippen molar-refractivity contribution in [2.45, 2.75) is 13.1 Å². The first-order valence-corrected chi connectivity index (χ1v) is 6.03. The van der Waals surface area contributed by atoms with E-state index in [-0.39, 0.29) is 0 Å². The minimum Gasteiger partial charge on any atom is -0.457 e. The Morgan fingerprint density at radius 3 is 1.76 bits per heavy atom. The molecule has 0 unspecified atom stereocenters. The van der Waals surface area contributed by atoms with Gasteiger partial charge in [0.25, 0.3) is 0 Å². The second-order valence-electron chi connectivity index (χ2n) is 4.05. The third kappa shape index (κ3) is 4.18. The van der Waals surface area contributed by atoms with E-state index in [0.29, 0.717) is 17.2 Å². The van der Waals surface area contributed by atoms with Crippen LogP contribution in [0.3, 0.4) is 0 Å². The highest BCUT2D eigenvalue weighted by molar-refractivity contribution is 5.37. The molecule has 0 aliphatic carbocycles. The average Bonchev–Trinajstić information content (AvgIpc) is 2.46. The van der Waals surface area contributed by atoms with E-state index < -0.39 is 11.7 Å². The lowest BCUT2D eigenvalue weighted by molar-refractivity contribution is -0.137. The molecule has 0 heterocycles. The fourth-order valence-corrected chi connectivity index (χ4v) is 1.53. The number of hydrogen-bond donors (Lipinski definition) is 0. The molecule has 0 spiro atoms. The van der Waals surface area contributed by atoms with Gasteiger partial charge in [-0.2, -0.15) is 13.2 Å². The maximum Gasteiger partial charge on any atom is 0.416 e. The van der Waals surface area contributed by atoms with Gasteiger partial charge in [-0.15, -0.1) is 0 Å². The summed E-state index contributed by atoms with van der Waals surface area (Å²) >= 11 is 0. The second kappa shape index (κ2) is 6.23. The Hall–Kier alpha value is -2.61. The summed E-state index contributed by atoms with van der Waals surface area (Å²) in [5.41, 5.74) is -0.711. The Morgan fingerprint density at radius 1 is 0.810 bits per heavy atom. The van der Waals surface area contributed by atoms with Gasteiger partial charge < -0.3 is 9.47 Å². The summed E-state index contributed by atoms with van der Waals surface area (Å²) in [7, 11) is 0. The van der Waals surface area contributed by atoms with Gasteiger partial charge in [0.1, 0.15) is 23.4 Å². The van der Waals surface area contributed by atoms with E-state index in [9.17, 15) is 13.2 Å². The largest absolute Gasteiger partial charge is 0.457 e. The Labute approximate surface area is 120 Å². The molecule has 0 saturated heterocycles. The van der Waals surface area contributed by atoms with Crippen molar-refractivity contribution in [2.24, 2.45) is 0 Å². The van der Waals surface area contributed by atoms with Crippen LogP contribution < -0.4 is 9.47 Å². The second-order valence-corrected chi connectivity index (χ2v) is 4.05. The lowest BCUT2D eigenvalue weighted by Gasteiger charge is -2.09. The van der Waals surface area contributed by atoms with Crippen LogP contribution in [0.25, 0.3) is 0 Å². The van der Waals surface area contributed by atoms with Crippen molar-refractivity contribution in [3.05, 3.63) is 54.1 Å². The number of hydrogen-bond acceptors (Lipinski definition) is 2. The molecule has 0 atom stereocenters. The number of rotatable bonds is 3. The van der Waals surface area contributed by atoms with Gasteiger partial charge in [-0.3, -0.25) is 0 Å². The van der Waals surface area contributed by atoms with Gasteiger partial charge in [0.05, 0.1) is 5.56 Å². The Bertz CT molecular complexity index is 647. The molecular formula is C16H11F3O2. The molecule has 0 radical (unpaired) electrons. The van der Waals surface area contributed by atoms with E-state index in [1.807, 2.05) is 0 Å². The first-order chi connectivity index (χ1) is 9.99. The van der Waals surface area contributed by atoms with Crippen LogP contribution in [0.2, 0.25) is 0 Å². The van der Waals surface area contributed by atoms with E-state index >= 15 is 0 Å². The van der Waals surface area contributed by atoms with E-state index in [0.717, 1.165) is 12.1 Å². The van der Waals surface area contributed by atoms with E-state index in [1.54, 1.807) is 31.2 Å². The molecule has 2 aromatic carbocycles. The highest BCUT2D eigenvalue weighted by atomic mass is 19.4. The maximum absolute atomic E-state index is 12.4. The normalized spacial score (nSPS) is 10.5. The lowest BCUT2D eigenvalue weighted by atomic mass is 10.2. The molecule has 5 heteroatoms. The smallest absolute Gasteiger partial charge is 0.416 e. The van der Waals surface area contributed by atoms with Crippen LogP contribution in [0.1, 0.15) is 12.5 Å². The standard InChI is InChI=1S/C16H11F3O2/c1-2-11-20-13-7-9-15(10-8-13)21-14-5-3-12(4-6-14)16(17,18)19/h3-10H,1H3. The van der Waals surface area contributed by atoms with Gasteiger partial charge in [0.2, 0.25) is 0 Å². The van der Waals surface area contributed by atoms with Gasteiger partial charge in [0.15, 0.2) is 0 Å². The van der Waals surface area contributed by atoms with Crippen molar-refractivity contribution in [3.8, 4) is 29.3 Å². The topological polar surface area (TPSA) is 18.5 Å². The molecule has 0 fully saturated rings. The van der Waals surface area contributed by atoms with Gasteiger partial charge in [-0.05, 0) is 48.5 Å². The summed E-state index contributed by atoms with van der Waals surface area (Å²) < 4.78 is 47.8. The predicted molar refractivity (Wildman–Crippen MR) is 72.0 cm³/mol. The molecule has 2 nitrogen and oxygen atoms in total.